The van der Waals surface area contributed by atoms with Crippen LogP contribution in [0.25, 0.3) is 11.3 Å². The fraction of sp³-hybridized carbons (Fsp3) is 0.238. The van der Waals surface area contributed by atoms with E-state index in [0.29, 0.717) is 5.02 Å². The van der Waals surface area contributed by atoms with Crippen LogP contribution in [-0.4, -0.2) is 35.1 Å². The van der Waals surface area contributed by atoms with Crippen molar-refractivity contribution in [2.24, 2.45) is 0 Å². The lowest BCUT2D eigenvalue weighted by Gasteiger charge is -2.19. The Labute approximate surface area is 164 Å². The van der Waals surface area contributed by atoms with Crippen molar-refractivity contribution in [3.8, 4) is 17.0 Å². The van der Waals surface area contributed by atoms with Gasteiger partial charge in [-0.15, -0.1) is 0 Å². The maximum atomic E-state index is 6.18. The highest BCUT2D eigenvalue weighted by Gasteiger charge is 2.17. The van der Waals surface area contributed by atoms with E-state index in [1.165, 1.54) is 11.1 Å². The molecule has 0 radical (unpaired) electrons. The number of nitrogens with zero attached hydrogens (tertiary/aromatic N) is 3. The van der Waals surface area contributed by atoms with Crippen molar-refractivity contribution in [3.05, 3.63) is 71.1 Å². The van der Waals surface area contributed by atoms with Gasteiger partial charge < -0.3 is 10.1 Å². The normalized spacial score (nSPS) is 14.1. The molecule has 0 amide bonds. The zero-order valence-corrected chi connectivity index (χ0v) is 15.9. The van der Waals surface area contributed by atoms with Crippen molar-refractivity contribution in [2.45, 2.75) is 13.1 Å². The number of anilines is 1. The zero-order valence-electron chi connectivity index (χ0n) is 15.2. The molecule has 3 heterocycles. The summed E-state index contributed by atoms with van der Waals surface area (Å²) < 4.78 is 5.47. The minimum Gasteiger partial charge on any atom is -0.496 e. The number of methoxy groups -OCH3 is 1. The summed E-state index contributed by atoms with van der Waals surface area (Å²) in [7, 11) is 1.66. The van der Waals surface area contributed by atoms with Crippen LogP contribution >= 0.6 is 11.6 Å². The van der Waals surface area contributed by atoms with Gasteiger partial charge in [0.2, 0.25) is 0 Å². The summed E-state index contributed by atoms with van der Waals surface area (Å²) in [4.78, 5) is 11.3. The van der Waals surface area contributed by atoms with Gasteiger partial charge in [-0.3, -0.25) is 14.9 Å². The zero-order chi connectivity index (χ0) is 18.6. The summed E-state index contributed by atoms with van der Waals surface area (Å²) in [6.07, 6.45) is 5.67. The predicted octanol–water partition coefficient (Wildman–Crippen LogP) is 4.23. The molecular weight excluding hydrogens is 360 g/mol. The minimum absolute atomic E-state index is 0.665. The topological polar surface area (TPSA) is 50.3 Å². The maximum Gasteiger partial charge on any atom is 0.128 e. The van der Waals surface area contributed by atoms with Gasteiger partial charge in [-0.1, -0.05) is 17.7 Å². The standard InChI is InChI=1S/C21H21ClN4O/c1-27-21-5-4-17(22)9-18(21)20-10-19-16(12-25-20)14-26(8-7-24-19)13-15-3-2-6-23-11-15/h2-6,9-12,24H,7-8,13-14H2,1H3. The molecule has 6 heteroatoms. The Morgan fingerprint density at radius 1 is 1.22 bits per heavy atom. The maximum absolute atomic E-state index is 6.18. The number of fused-ring (bicyclic) bond motifs is 1. The van der Waals surface area contributed by atoms with Crippen LogP contribution in [0.1, 0.15) is 11.1 Å². The van der Waals surface area contributed by atoms with Gasteiger partial charge in [0.05, 0.1) is 12.8 Å². The van der Waals surface area contributed by atoms with Gasteiger partial charge in [0.1, 0.15) is 5.75 Å². The smallest absolute Gasteiger partial charge is 0.128 e. The monoisotopic (exact) mass is 380 g/mol. The van der Waals surface area contributed by atoms with Crippen LogP contribution in [0, 0.1) is 0 Å². The van der Waals surface area contributed by atoms with Crippen molar-refractivity contribution >= 4 is 17.3 Å². The third-order valence-electron chi connectivity index (χ3n) is 4.69. The number of rotatable bonds is 4. The van der Waals surface area contributed by atoms with E-state index in [1.54, 1.807) is 13.3 Å². The van der Waals surface area contributed by atoms with E-state index in [2.05, 4.69) is 32.3 Å². The average molecular weight is 381 g/mol. The van der Waals surface area contributed by atoms with Gasteiger partial charge in [-0.2, -0.15) is 0 Å². The fourth-order valence-corrected chi connectivity index (χ4v) is 3.53. The first kappa shape index (κ1) is 17.8. The van der Waals surface area contributed by atoms with Crippen molar-refractivity contribution in [1.82, 2.24) is 14.9 Å². The summed E-state index contributed by atoms with van der Waals surface area (Å²) in [6, 6.07) is 11.7. The second-order valence-corrected chi connectivity index (χ2v) is 7.01. The molecule has 2 aromatic heterocycles. The molecule has 0 fully saturated rings. The summed E-state index contributed by atoms with van der Waals surface area (Å²) in [5.41, 5.74) is 5.25. The van der Waals surface area contributed by atoms with Gasteiger partial charge in [-0.05, 0) is 35.9 Å². The highest BCUT2D eigenvalue weighted by molar-refractivity contribution is 6.31. The molecule has 0 spiro atoms. The van der Waals surface area contributed by atoms with Gasteiger partial charge >= 0.3 is 0 Å². The van der Waals surface area contributed by atoms with Crippen LogP contribution < -0.4 is 10.1 Å². The first-order valence-corrected chi connectivity index (χ1v) is 9.28. The number of pyridine rings is 2. The van der Waals surface area contributed by atoms with E-state index in [-0.39, 0.29) is 0 Å². The Balaban J connectivity index is 1.60. The molecule has 0 unspecified atom stereocenters. The minimum atomic E-state index is 0.665. The largest absolute Gasteiger partial charge is 0.496 e. The van der Waals surface area contributed by atoms with Gasteiger partial charge in [0.15, 0.2) is 0 Å². The fourth-order valence-electron chi connectivity index (χ4n) is 3.36. The number of aromatic nitrogens is 2. The lowest BCUT2D eigenvalue weighted by molar-refractivity contribution is 0.271. The molecule has 0 aliphatic carbocycles. The van der Waals surface area contributed by atoms with Gasteiger partial charge in [0, 0.05) is 66.6 Å². The van der Waals surface area contributed by atoms with Crippen LogP contribution in [0.4, 0.5) is 5.69 Å². The Morgan fingerprint density at radius 2 is 2.15 bits per heavy atom. The van der Waals surface area contributed by atoms with E-state index in [9.17, 15) is 0 Å². The average Bonchev–Trinajstić information content (AvgIpc) is 2.89. The molecule has 0 saturated carbocycles. The van der Waals surface area contributed by atoms with Crippen molar-refractivity contribution in [1.29, 1.82) is 0 Å². The lowest BCUT2D eigenvalue weighted by atomic mass is 10.1. The summed E-state index contributed by atoms with van der Waals surface area (Å²) in [5, 5.41) is 4.20. The second-order valence-electron chi connectivity index (χ2n) is 6.57. The molecule has 3 aromatic rings. The van der Waals surface area contributed by atoms with Crippen molar-refractivity contribution < 1.29 is 4.74 Å². The molecule has 1 N–H and O–H groups in total. The van der Waals surface area contributed by atoms with Gasteiger partial charge in [0.25, 0.3) is 0 Å². The second kappa shape index (κ2) is 7.94. The molecule has 5 nitrogen and oxygen atoms in total. The number of hydrogen-bond donors (Lipinski definition) is 1. The number of hydrogen-bond acceptors (Lipinski definition) is 5. The Kier molecular flexibility index (Phi) is 5.23. The number of ether oxygens (including phenoxy) is 1. The van der Waals surface area contributed by atoms with E-state index in [4.69, 9.17) is 16.3 Å². The molecule has 0 atom stereocenters. The molecule has 4 rings (SSSR count). The van der Waals surface area contributed by atoms with Crippen LogP contribution in [0.15, 0.2) is 55.0 Å². The molecule has 138 valence electrons. The highest BCUT2D eigenvalue weighted by Crippen LogP contribution is 2.33. The van der Waals surface area contributed by atoms with Crippen LogP contribution in [0.3, 0.4) is 0 Å². The molecule has 1 aliphatic rings. The number of benzene rings is 1. The Bertz CT molecular complexity index is 933. The Hall–Kier alpha value is -2.63. The summed E-state index contributed by atoms with van der Waals surface area (Å²) >= 11 is 6.18. The van der Waals surface area contributed by atoms with E-state index >= 15 is 0 Å². The molecule has 1 aliphatic heterocycles. The van der Waals surface area contributed by atoms with Gasteiger partial charge in [-0.25, -0.2) is 0 Å². The van der Waals surface area contributed by atoms with Crippen LogP contribution in [-0.2, 0) is 13.1 Å². The highest BCUT2D eigenvalue weighted by atomic mass is 35.5. The molecular formula is C21H21ClN4O. The van der Waals surface area contributed by atoms with E-state index in [1.807, 2.05) is 36.7 Å². The number of nitrogens with one attached hydrogen (secondary N) is 1. The Morgan fingerprint density at radius 3 is 2.96 bits per heavy atom. The van der Waals surface area contributed by atoms with E-state index < -0.39 is 0 Å². The SMILES string of the molecule is COc1ccc(Cl)cc1-c1cc2c(cn1)CN(Cc1cccnc1)CCN2. The molecule has 0 saturated heterocycles. The summed E-state index contributed by atoms with van der Waals surface area (Å²) in [6.45, 7) is 3.55. The third kappa shape index (κ3) is 4.04. The third-order valence-corrected chi connectivity index (χ3v) is 4.93. The number of halogens is 1. The van der Waals surface area contributed by atoms with Crippen LogP contribution in [0.5, 0.6) is 5.75 Å². The van der Waals surface area contributed by atoms with Crippen molar-refractivity contribution in [2.75, 3.05) is 25.5 Å². The quantitative estimate of drug-likeness (QED) is 0.733. The molecule has 1 aromatic carbocycles. The first-order valence-electron chi connectivity index (χ1n) is 8.91. The first-order chi connectivity index (χ1) is 13.2. The van der Waals surface area contributed by atoms with Crippen molar-refractivity contribution in [3.63, 3.8) is 0 Å². The van der Waals surface area contributed by atoms with E-state index in [0.717, 1.165) is 48.9 Å². The van der Waals surface area contributed by atoms with Crippen LogP contribution in [0.2, 0.25) is 5.02 Å². The summed E-state index contributed by atoms with van der Waals surface area (Å²) in [5.74, 6) is 0.763. The lowest BCUT2D eigenvalue weighted by Crippen LogP contribution is -2.25. The molecule has 27 heavy (non-hydrogen) atoms. The molecule has 0 bridgehead atoms. The predicted molar refractivity (Wildman–Crippen MR) is 108 cm³/mol.